The van der Waals surface area contributed by atoms with E-state index in [9.17, 15) is 13.6 Å². The summed E-state index contributed by atoms with van der Waals surface area (Å²) in [5, 5.41) is 2.56. The number of carbonyl (C=O) groups is 1. The first-order valence-electron chi connectivity index (χ1n) is 5.48. The second-order valence-electron chi connectivity index (χ2n) is 3.74. The van der Waals surface area contributed by atoms with E-state index < -0.39 is 11.7 Å². The van der Waals surface area contributed by atoms with Crippen molar-refractivity contribution in [2.24, 2.45) is 0 Å². The van der Waals surface area contributed by atoms with Crippen LogP contribution in [0.5, 0.6) is 0 Å². The van der Waals surface area contributed by atoms with E-state index >= 15 is 0 Å². The molecule has 19 heavy (non-hydrogen) atoms. The van der Waals surface area contributed by atoms with Gasteiger partial charge in [0.25, 0.3) is 11.7 Å². The van der Waals surface area contributed by atoms with Crippen LogP contribution in [-0.2, 0) is 0 Å². The highest BCUT2D eigenvalue weighted by Gasteiger charge is 2.14. The van der Waals surface area contributed by atoms with Gasteiger partial charge in [0.15, 0.2) is 5.76 Å². The van der Waals surface area contributed by atoms with Crippen molar-refractivity contribution in [3.05, 3.63) is 47.9 Å². The molecule has 3 nitrogen and oxygen atoms in total. The summed E-state index contributed by atoms with van der Waals surface area (Å²) in [6.07, 6.45) is 0. The van der Waals surface area contributed by atoms with E-state index in [-0.39, 0.29) is 5.76 Å². The Labute approximate surface area is 113 Å². The van der Waals surface area contributed by atoms with Crippen molar-refractivity contribution in [2.75, 3.05) is 5.32 Å². The third-order valence-electron chi connectivity index (χ3n) is 2.32. The molecule has 0 fully saturated rings. The van der Waals surface area contributed by atoms with E-state index in [4.69, 9.17) is 4.42 Å². The summed E-state index contributed by atoms with van der Waals surface area (Å²) in [4.78, 5) is 12.2. The Hall–Kier alpha value is -1.82. The Balaban J connectivity index is 2.16. The summed E-state index contributed by atoms with van der Waals surface area (Å²) < 4.78 is 30.0. The molecule has 2 rings (SSSR count). The number of rotatable bonds is 4. The van der Waals surface area contributed by atoms with Crippen LogP contribution in [0.4, 0.5) is 14.5 Å². The lowest BCUT2D eigenvalue weighted by Gasteiger charge is -2.09. The average Bonchev–Trinajstić information content (AvgIpc) is 2.78. The van der Waals surface area contributed by atoms with E-state index in [1.807, 2.05) is 0 Å². The van der Waals surface area contributed by atoms with Crippen LogP contribution >= 0.6 is 11.8 Å². The summed E-state index contributed by atoms with van der Waals surface area (Å²) in [6, 6.07) is 9.59. The minimum Gasteiger partial charge on any atom is -0.456 e. The lowest BCUT2D eigenvalue weighted by Crippen LogP contribution is -2.11. The molecule has 0 spiro atoms. The topological polar surface area (TPSA) is 42.2 Å². The van der Waals surface area contributed by atoms with Crippen LogP contribution in [0.2, 0.25) is 0 Å². The molecule has 0 bridgehead atoms. The molecular formula is C13H11F2NO2S. The van der Waals surface area contributed by atoms with Crippen molar-refractivity contribution >= 4 is 23.4 Å². The van der Waals surface area contributed by atoms with Gasteiger partial charge in [-0.05, 0) is 31.2 Å². The van der Waals surface area contributed by atoms with Crippen LogP contribution in [0.1, 0.15) is 16.3 Å². The van der Waals surface area contributed by atoms with Crippen LogP contribution in [0, 0.1) is 6.92 Å². The van der Waals surface area contributed by atoms with Crippen molar-refractivity contribution in [3.63, 3.8) is 0 Å². The van der Waals surface area contributed by atoms with Gasteiger partial charge < -0.3 is 9.73 Å². The molecule has 1 heterocycles. The maximum atomic E-state index is 12.4. The van der Waals surface area contributed by atoms with Crippen molar-refractivity contribution < 1.29 is 18.0 Å². The van der Waals surface area contributed by atoms with E-state index in [1.54, 1.807) is 31.2 Å². The largest absolute Gasteiger partial charge is 0.456 e. The van der Waals surface area contributed by atoms with Crippen molar-refractivity contribution in [1.82, 2.24) is 0 Å². The number of halogens is 2. The maximum Gasteiger partial charge on any atom is 0.291 e. The molecule has 0 aliphatic heterocycles. The number of thioether (sulfide) groups is 1. The normalized spacial score (nSPS) is 10.7. The zero-order valence-corrected chi connectivity index (χ0v) is 10.8. The van der Waals surface area contributed by atoms with Gasteiger partial charge in [0, 0.05) is 4.90 Å². The van der Waals surface area contributed by atoms with Gasteiger partial charge in [-0.1, -0.05) is 23.9 Å². The highest BCUT2D eigenvalue weighted by molar-refractivity contribution is 7.99. The average molecular weight is 283 g/mol. The van der Waals surface area contributed by atoms with Crippen LogP contribution in [0.25, 0.3) is 0 Å². The molecule has 0 radical (unpaired) electrons. The number of carbonyl (C=O) groups excluding carboxylic acids is 1. The predicted molar refractivity (Wildman–Crippen MR) is 69.7 cm³/mol. The van der Waals surface area contributed by atoms with Gasteiger partial charge in [0.2, 0.25) is 0 Å². The number of nitrogens with one attached hydrogen (secondary N) is 1. The second kappa shape index (κ2) is 5.88. The fourth-order valence-electron chi connectivity index (χ4n) is 1.51. The molecule has 1 aromatic carbocycles. The predicted octanol–water partition coefficient (Wildman–Crippen LogP) is 4.16. The lowest BCUT2D eigenvalue weighted by molar-refractivity contribution is 0.0995. The van der Waals surface area contributed by atoms with Crippen molar-refractivity contribution in [1.29, 1.82) is 0 Å². The number of amides is 1. The van der Waals surface area contributed by atoms with Gasteiger partial charge in [-0.15, -0.1) is 0 Å². The minimum absolute atomic E-state index is 0.148. The van der Waals surface area contributed by atoms with Crippen LogP contribution in [-0.4, -0.2) is 11.7 Å². The molecule has 6 heteroatoms. The number of benzene rings is 1. The third-order valence-corrected chi connectivity index (χ3v) is 3.10. The summed E-state index contributed by atoms with van der Waals surface area (Å²) in [7, 11) is 0. The summed E-state index contributed by atoms with van der Waals surface area (Å²) in [5.41, 5.74) is 0.340. The number of para-hydroxylation sites is 1. The van der Waals surface area contributed by atoms with E-state index in [2.05, 4.69) is 5.32 Å². The van der Waals surface area contributed by atoms with Gasteiger partial charge >= 0.3 is 0 Å². The fourth-order valence-corrected chi connectivity index (χ4v) is 2.10. The number of furan rings is 1. The van der Waals surface area contributed by atoms with Gasteiger partial charge in [0.05, 0.1) is 5.69 Å². The van der Waals surface area contributed by atoms with Gasteiger partial charge in [0.1, 0.15) is 5.76 Å². The zero-order chi connectivity index (χ0) is 13.8. The molecule has 0 saturated carbocycles. The number of anilines is 1. The highest BCUT2D eigenvalue weighted by Crippen LogP contribution is 2.31. The van der Waals surface area contributed by atoms with Crippen LogP contribution in [0.15, 0.2) is 45.7 Å². The Morgan fingerprint density at radius 3 is 2.63 bits per heavy atom. The molecule has 1 N–H and O–H groups in total. The molecule has 0 aliphatic carbocycles. The number of alkyl halides is 2. The fraction of sp³-hybridized carbons (Fsp3) is 0.154. The van der Waals surface area contributed by atoms with Crippen molar-refractivity contribution in [3.8, 4) is 0 Å². The Bertz CT molecular complexity index is 584. The van der Waals surface area contributed by atoms with Gasteiger partial charge in [-0.25, -0.2) is 0 Å². The Morgan fingerprint density at radius 1 is 1.26 bits per heavy atom. The maximum absolute atomic E-state index is 12.4. The molecule has 0 unspecified atom stereocenters. The zero-order valence-electron chi connectivity index (χ0n) is 10.0. The standard InChI is InChI=1S/C13H11F2NO2S/c1-8-6-7-10(18-8)12(17)16-9-4-2-3-5-11(9)19-13(14)15/h2-7,13H,1H3,(H,16,17). The molecule has 0 saturated heterocycles. The van der Waals surface area contributed by atoms with Crippen LogP contribution in [0.3, 0.4) is 0 Å². The minimum atomic E-state index is -2.54. The monoisotopic (exact) mass is 283 g/mol. The lowest BCUT2D eigenvalue weighted by atomic mass is 10.3. The molecule has 2 aromatic rings. The van der Waals surface area contributed by atoms with Crippen LogP contribution < -0.4 is 5.32 Å². The van der Waals surface area contributed by atoms with E-state index in [1.165, 1.54) is 12.1 Å². The molecular weight excluding hydrogens is 272 g/mol. The summed E-state index contributed by atoms with van der Waals surface area (Å²) in [6.45, 7) is 1.72. The van der Waals surface area contributed by atoms with Gasteiger partial charge in [-0.2, -0.15) is 8.78 Å². The SMILES string of the molecule is Cc1ccc(C(=O)Nc2ccccc2SC(F)F)o1. The summed E-state index contributed by atoms with van der Waals surface area (Å²) in [5.74, 6) is -2.24. The molecule has 0 aliphatic rings. The smallest absolute Gasteiger partial charge is 0.291 e. The quantitative estimate of drug-likeness (QED) is 0.857. The first-order chi connectivity index (χ1) is 9.06. The first-order valence-corrected chi connectivity index (χ1v) is 6.36. The highest BCUT2D eigenvalue weighted by atomic mass is 32.2. The second-order valence-corrected chi connectivity index (χ2v) is 4.77. The number of hydrogen-bond acceptors (Lipinski definition) is 3. The van der Waals surface area contributed by atoms with E-state index in [0.29, 0.717) is 28.1 Å². The molecule has 1 aromatic heterocycles. The van der Waals surface area contributed by atoms with E-state index in [0.717, 1.165) is 0 Å². The molecule has 0 atom stereocenters. The number of hydrogen-bond donors (Lipinski definition) is 1. The Morgan fingerprint density at radius 2 is 2.00 bits per heavy atom. The van der Waals surface area contributed by atoms with Crippen molar-refractivity contribution in [2.45, 2.75) is 17.6 Å². The number of aryl methyl sites for hydroxylation is 1. The third kappa shape index (κ3) is 3.57. The molecule has 100 valence electrons. The molecule has 1 amide bonds. The first kappa shape index (κ1) is 13.6. The van der Waals surface area contributed by atoms with Gasteiger partial charge in [-0.3, -0.25) is 4.79 Å². The Kier molecular flexibility index (Phi) is 4.21. The summed E-state index contributed by atoms with van der Waals surface area (Å²) >= 11 is 0.389.